The second-order valence-electron chi connectivity index (χ2n) is 6.33. The molecule has 0 N–H and O–H groups in total. The molecule has 0 unspecified atom stereocenters. The van der Waals surface area contributed by atoms with Crippen LogP contribution in [0.4, 0.5) is 0 Å². The Hall–Kier alpha value is -2.13. The van der Waals surface area contributed by atoms with E-state index in [0.29, 0.717) is 16.1 Å². The van der Waals surface area contributed by atoms with Gasteiger partial charge in [-0.3, -0.25) is 4.79 Å². The second-order valence-corrected chi connectivity index (χ2v) is 6.74. The molecular weight excluding hydrogens is 312 g/mol. The number of hydrogen-bond acceptors (Lipinski definition) is 3. The first-order valence-corrected chi connectivity index (χ1v) is 7.69. The fourth-order valence-corrected chi connectivity index (χ4v) is 2.38. The standard InChI is InChI=1S/C19H19ClO3/c1-12(21)15-9-10-16(17(20)11-15)13-5-7-14(8-6-13)18(22)23-19(2,3)4/h5-11H,1-4H3. The van der Waals surface area contributed by atoms with Crippen LogP contribution in [0.5, 0.6) is 0 Å². The van der Waals surface area contributed by atoms with Gasteiger partial charge < -0.3 is 4.74 Å². The third-order valence-electron chi connectivity index (χ3n) is 3.21. The van der Waals surface area contributed by atoms with Gasteiger partial charge in [-0.2, -0.15) is 0 Å². The second kappa shape index (κ2) is 6.55. The molecule has 0 radical (unpaired) electrons. The molecule has 3 nitrogen and oxygen atoms in total. The average Bonchev–Trinajstić information content (AvgIpc) is 2.45. The number of ketones is 1. The third kappa shape index (κ3) is 4.42. The van der Waals surface area contributed by atoms with Gasteiger partial charge in [-0.1, -0.05) is 35.9 Å². The summed E-state index contributed by atoms with van der Waals surface area (Å²) in [5.74, 6) is -0.388. The van der Waals surface area contributed by atoms with E-state index in [4.69, 9.17) is 16.3 Å². The van der Waals surface area contributed by atoms with Crippen LogP contribution in [-0.4, -0.2) is 17.4 Å². The zero-order valence-electron chi connectivity index (χ0n) is 13.6. The van der Waals surface area contributed by atoms with Gasteiger partial charge in [0.15, 0.2) is 5.78 Å². The monoisotopic (exact) mass is 330 g/mol. The van der Waals surface area contributed by atoms with Crippen molar-refractivity contribution in [2.45, 2.75) is 33.3 Å². The maximum absolute atomic E-state index is 12.0. The topological polar surface area (TPSA) is 43.4 Å². The molecule has 0 aliphatic rings. The molecule has 0 bridgehead atoms. The van der Waals surface area contributed by atoms with Gasteiger partial charge in [0.1, 0.15) is 5.60 Å². The van der Waals surface area contributed by atoms with E-state index in [2.05, 4.69) is 0 Å². The van der Waals surface area contributed by atoms with Crippen molar-refractivity contribution in [3.63, 3.8) is 0 Å². The lowest BCUT2D eigenvalue weighted by Crippen LogP contribution is -2.23. The number of rotatable bonds is 3. The van der Waals surface area contributed by atoms with Crippen molar-refractivity contribution < 1.29 is 14.3 Å². The Morgan fingerprint density at radius 3 is 2.00 bits per heavy atom. The van der Waals surface area contributed by atoms with Crippen LogP contribution in [0.2, 0.25) is 5.02 Å². The molecular formula is C19H19ClO3. The van der Waals surface area contributed by atoms with Crippen LogP contribution in [0.3, 0.4) is 0 Å². The molecule has 2 aromatic rings. The summed E-state index contributed by atoms with van der Waals surface area (Å²) in [7, 11) is 0. The summed E-state index contributed by atoms with van der Waals surface area (Å²) in [5, 5.41) is 0.503. The normalized spacial score (nSPS) is 11.2. The van der Waals surface area contributed by atoms with Gasteiger partial charge in [-0.25, -0.2) is 4.79 Å². The van der Waals surface area contributed by atoms with Gasteiger partial charge >= 0.3 is 5.97 Å². The smallest absolute Gasteiger partial charge is 0.338 e. The van der Waals surface area contributed by atoms with E-state index in [9.17, 15) is 9.59 Å². The first-order valence-electron chi connectivity index (χ1n) is 7.31. The van der Waals surface area contributed by atoms with Crippen LogP contribution in [0.25, 0.3) is 11.1 Å². The highest BCUT2D eigenvalue weighted by Gasteiger charge is 2.18. The van der Waals surface area contributed by atoms with Crippen LogP contribution in [0.15, 0.2) is 42.5 Å². The number of carbonyl (C=O) groups is 2. The highest BCUT2D eigenvalue weighted by atomic mass is 35.5. The Morgan fingerprint density at radius 2 is 1.52 bits per heavy atom. The fraction of sp³-hybridized carbons (Fsp3) is 0.263. The lowest BCUT2D eigenvalue weighted by atomic mass is 10.0. The molecule has 4 heteroatoms. The third-order valence-corrected chi connectivity index (χ3v) is 3.52. The van der Waals surface area contributed by atoms with Gasteiger partial charge in [0.05, 0.1) is 5.56 Å². The average molecular weight is 331 g/mol. The minimum Gasteiger partial charge on any atom is -0.456 e. The molecule has 120 valence electrons. The quantitative estimate of drug-likeness (QED) is 0.576. The Morgan fingerprint density at radius 1 is 0.957 bits per heavy atom. The van der Waals surface area contributed by atoms with E-state index in [1.165, 1.54) is 6.92 Å². The summed E-state index contributed by atoms with van der Waals surface area (Å²) >= 11 is 6.25. The van der Waals surface area contributed by atoms with Crippen molar-refractivity contribution in [3.05, 3.63) is 58.6 Å². The van der Waals surface area contributed by atoms with Gasteiger partial charge in [-0.15, -0.1) is 0 Å². The number of Topliss-reactive ketones (excluding diaryl/α,β-unsaturated/α-hetero) is 1. The molecule has 0 aromatic heterocycles. The number of benzene rings is 2. The van der Waals surface area contributed by atoms with Crippen LogP contribution < -0.4 is 0 Å². The minimum atomic E-state index is -0.526. The molecule has 0 saturated carbocycles. The lowest BCUT2D eigenvalue weighted by molar-refractivity contribution is 0.00695. The highest BCUT2D eigenvalue weighted by molar-refractivity contribution is 6.33. The molecule has 0 atom stereocenters. The molecule has 2 aromatic carbocycles. The van der Waals surface area contributed by atoms with Crippen molar-refractivity contribution in [2.24, 2.45) is 0 Å². The van der Waals surface area contributed by atoms with Crippen molar-refractivity contribution in [1.29, 1.82) is 0 Å². The first kappa shape index (κ1) is 17.2. The summed E-state index contributed by atoms with van der Waals surface area (Å²) in [6.45, 7) is 6.99. The Balaban J connectivity index is 2.26. The van der Waals surface area contributed by atoms with Crippen molar-refractivity contribution in [2.75, 3.05) is 0 Å². The van der Waals surface area contributed by atoms with E-state index in [0.717, 1.165) is 11.1 Å². The van der Waals surface area contributed by atoms with E-state index < -0.39 is 5.60 Å². The predicted octanol–water partition coefficient (Wildman–Crippen LogP) is 5.16. The number of hydrogen-bond donors (Lipinski definition) is 0. The first-order chi connectivity index (χ1) is 10.7. The molecule has 0 aliphatic heterocycles. The highest BCUT2D eigenvalue weighted by Crippen LogP contribution is 2.29. The molecule has 0 heterocycles. The summed E-state index contributed by atoms with van der Waals surface area (Å²) < 4.78 is 5.33. The number of carbonyl (C=O) groups excluding carboxylic acids is 2. The van der Waals surface area contributed by atoms with Crippen LogP contribution in [0.1, 0.15) is 48.4 Å². The van der Waals surface area contributed by atoms with Gasteiger partial charge in [-0.05, 0) is 51.5 Å². The van der Waals surface area contributed by atoms with E-state index in [1.54, 1.807) is 24.3 Å². The van der Waals surface area contributed by atoms with Crippen molar-refractivity contribution in [1.82, 2.24) is 0 Å². The van der Waals surface area contributed by atoms with E-state index in [-0.39, 0.29) is 11.8 Å². The van der Waals surface area contributed by atoms with Crippen LogP contribution in [-0.2, 0) is 4.74 Å². The molecule has 0 fully saturated rings. The molecule has 2 rings (SSSR count). The Bertz CT molecular complexity index is 740. The fourth-order valence-electron chi connectivity index (χ4n) is 2.09. The zero-order valence-corrected chi connectivity index (χ0v) is 14.4. The molecule has 0 aliphatic carbocycles. The van der Waals surface area contributed by atoms with Crippen LogP contribution >= 0.6 is 11.6 Å². The summed E-state index contributed by atoms with van der Waals surface area (Å²) in [4.78, 5) is 23.4. The van der Waals surface area contributed by atoms with Gasteiger partial charge in [0.2, 0.25) is 0 Å². The Labute approximate surface area is 141 Å². The number of halogens is 1. The summed E-state index contributed by atoms with van der Waals surface area (Å²) in [5.41, 5.74) is 2.22. The zero-order chi connectivity index (χ0) is 17.2. The molecule has 23 heavy (non-hydrogen) atoms. The Kier molecular flexibility index (Phi) is 4.90. The van der Waals surface area contributed by atoms with Crippen molar-refractivity contribution >= 4 is 23.4 Å². The molecule has 0 saturated heterocycles. The van der Waals surface area contributed by atoms with Crippen LogP contribution in [0, 0.1) is 0 Å². The SMILES string of the molecule is CC(=O)c1ccc(-c2ccc(C(=O)OC(C)(C)C)cc2)c(Cl)c1. The van der Waals surface area contributed by atoms with Gasteiger partial charge in [0, 0.05) is 16.1 Å². The minimum absolute atomic E-state index is 0.0290. The number of esters is 1. The summed E-state index contributed by atoms with van der Waals surface area (Å²) in [6, 6.07) is 12.2. The largest absolute Gasteiger partial charge is 0.456 e. The van der Waals surface area contributed by atoms with Crippen molar-refractivity contribution in [3.8, 4) is 11.1 Å². The predicted molar refractivity (Wildman–Crippen MR) is 92.1 cm³/mol. The number of ether oxygens (including phenoxy) is 1. The lowest BCUT2D eigenvalue weighted by Gasteiger charge is -2.19. The van der Waals surface area contributed by atoms with E-state index >= 15 is 0 Å². The molecule has 0 amide bonds. The van der Waals surface area contributed by atoms with E-state index in [1.807, 2.05) is 39.0 Å². The molecule has 0 spiro atoms. The summed E-state index contributed by atoms with van der Waals surface area (Å²) in [6.07, 6.45) is 0. The van der Waals surface area contributed by atoms with Gasteiger partial charge in [0.25, 0.3) is 0 Å². The maximum atomic E-state index is 12.0. The maximum Gasteiger partial charge on any atom is 0.338 e.